The summed E-state index contributed by atoms with van der Waals surface area (Å²) in [5, 5.41) is 7.20. The summed E-state index contributed by atoms with van der Waals surface area (Å²) in [6.45, 7) is 7.86. The molecule has 2 heteroatoms. The topological polar surface area (TPSA) is 24.1 Å². The van der Waals surface area contributed by atoms with Crippen molar-refractivity contribution in [2.24, 2.45) is 0 Å². The average molecular weight is 232 g/mol. The second-order valence-electron chi connectivity index (χ2n) is 5.70. The third-order valence-corrected chi connectivity index (χ3v) is 3.59. The fraction of sp³-hybridized carbons (Fsp3) is 0.600. The first-order chi connectivity index (χ1) is 8.09. The van der Waals surface area contributed by atoms with Gasteiger partial charge in [0.25, 0.3) is 0 Å². The Hall–Kier alpha value is -1.02. The van der Waals surface area contributed by atoms with Crippen LogP contribution in [0.1, 0.15) is 39.2 Å². The minimum atomic E-state index is 0.263. The molecule has 0 radical (unpaired) electrons. The molecule has 1 heterocycles. The third-order valence-electron chi connectivity index (χ3n) is 3.59. The van der Waals surface area contributed by atoms with Gasteiger partial charge in [0.2, 0.25) is 0 Å². The zero-order valence-corrected chi connectivity index (χ0v) is 11.2. The Bertz CT molecular complexity index is 354. The van der Waals surface area contributed by atoms with Crippen LogP contribution in [0.5, 0.6) is 0 Å². The molecule has 0 spiro atoms. The van der Waals surface area contributed by atoms with Crippen molar-refractivity contribution >= 4 is 5.69 Å². The highest BCUT2D eigenvalue weighted by molar-refractivity contribution is 5.45. The van der Waals surface area contributed by atoms with Crippen molar-refractivity contribution in [3.05, 3.63) is 29.8 Å². The van der Waals surface area contributed by atoms with Crippen LogP contribution >= 0.6 is 0 Å². The van der Waals surface area contributed by atoms with Crippen molar-refractivity contribution < 1.29 is 0 Å². The largest absolute Gasteiger partial charge is 0.382 e. The second-order valence-corrected chi connectivity index (χ2v) is 5.70. The lowest BCUT2D eigenvalue weighted by molar-refractivity contribution is 0.286. The fourth-order valence-electron chi connectivity index (χ4n) is 2.57. The van der Waals surface area contributed by atoms with E-state index in [4.69, 9.17) is 0 Å². The lowest BCUT2D eigenvalue weighted by Crippen LogP contribution is -2.49. The molecule has 0 aliphatic carbocycles. The molecule has 2 nitrogen and oxygen atoms in total. The normalized spacial score (nSPS) is 23.4. The molecule has 2 N–H and O–H groups in total. The van der Waals surface area contributed by atoms with E-state index >= 15 is 0 Å². The summed E-state index contributed by atoms with van der Waals surface area (Å²) in [4.78, 5) is 0. The van der Waals surface area contributed by atoms with Gasteiger partial charge in [0.05, 0.1) is 0 Å². The van der Waals surface area contributed by atoms with Gasteiger partial charge < -0.3 is 10.6 Å². The molecule has 1 fully saturated rings. The zero-order chi connectivity index (χ0) is 12.3. The molecule has 0 bridgehead atoms. The van der Waals surface area contributed by atoms with Crippen LogP contribution in [-0.2, 0) is 6.42 Å². The van der Waals surface area contributed by atoms with Gasteiger partial charge in [0, 0.05) is 17.3 Å². The number of anilines is 1. The Morgan fingerprint density at radius 1 is 1.29 bits per heavy atom. The van der Waals surface area contributed by atoms with Gasteiger partial charge in [-0.1, -0.05) is 19.1 Å². The Morgan fingerprint density at radius 3 is 2.59 bits per heavy atom. The number of hydrogen-bond donors (Lipinski definition) is 2. The molecule has 0 saturated carbocycles. The molecule has 1 aromatic carbocycles. The van der Waals surface area contributed by atoms with Gasteiger partial charge >= 0.3 is 0 Å². The molecule has 94 valence electrons. The summed E-state index contributed by atoms with van der Waals surface area (Å²) in [6, 6.07) is 9.43. The van der Waals surface area contributed by atoms with Crippen LogP contribution < -0.4 is 10.6 Å². The van der Waals surface area contributed by atoms with Gasteiger partial charge in [0.15, 0.2) is 0 Å². The molecule has 1 unspecified atom stereocenters. The molecule has 0 aromatic heterocycles. The number of benzene rings is 1. The van der Waals surface area contributed by atoms with Gasteiger partial charge in [-0.15, -0.1) is 0 Å². The summed E-state index contributed by atoms with van der Waals surface area (Å²) >= 11 is 0. The quantitative estimate of drug-likeness (QED) is 0.836. The Morgan fingerprint density at radius 2 is 2.00 bits per heavy atom. The van der Waals surface area contributed by atoms with Crippen LogP contribution in [-0.4, -0.2) is 18.1 Å². The predicted molar refractivity (Wildman–Crippen MR) is 74.5 cm³/mol. The van der Waals surface area contributed by atoms with Crippen LogP contribution in [0.3, 0.4) is 0 Å². The summed E-state index contributed by atoms with van der Waals surface area (Å²) in [5.41, 5.74) is 2.92. The standard InChI is InChI=1S/C15H24N2/c1-4-12-5-7-13(8-6-12)17-14-9-10-16-15(2,3)11-14/h5-8,14,16-17H,4,9-11H2,1-3H3. The number of piperidine rings is 1. The fourth-order valence-corrected chi connectivity index (χ4v) is 2.57. The lowest BCUT2D eigenvalue weighted by Gasteiger charge is -2.37. The molecule has 1 aliphatic rings. The highest BCUT2D eigenvalue weighted by Gasteiger charge is 2.26. The van der Waals surface area contributed by atoms with E-state index < -0.39 is 0 Å². The van der Waals surface area contributed by atoms with Crippen molar-refractivity contribution in [2.45, 2.75) is 51.6 Å². The van der Waals surface area contributed by atoms with Gasteiger partial charge in [-0.2, -0.15) is 0 Å². The molecule has 1 atom stereocenters. The molecule has 0 amide bonds. The second kappa shape index (κ2) is 5.09. The maximum atomic E-state index is 3.65. The maximum absolute atomic E-state index is 3.65. The maximum Gasteiger partial charge on any atom is 0.0342 e. The van der Waals surface area contributed by atoms with E-state index in [1.807, 2.05) is 0 Å². The van der Waals surface area contributed by atoms with Gasteiger partial charge in [-0.25, -0.2) is 0 Å². The summed E-state index contributed by atoms with van der Waals surface area (Å²) in [6.07, 6.45) is 3.50. The smallest absolute Gasteiger partial charge is 0.0342 e. The molecule has 2 rings (SSSR count). The van der Waals surface area contributed by atoms with E-state index in [-0.39, 0.29) is 5.54 Å². The van der Waals surface area contributed by atoms with Crippen molar-refractivity contribution in [1.29, 1.82) is 0 Å². The highest BCUT2D eigenvalue weighted by Crippen LogP contribution is 2.22. The van der Waals surface area contributed by atoms with Gasteiger partial charge in [0.1, 0.15) is 0 Å². The first-order valence-electron chi connectivity index (χ1n) is 6.69. The SMILES string of the molecule is CCc1ccc(NC2CCNC(C)(C)C2)cc1. The monoisotopic (exact) mass is 232 g/mol. The van der Waals surface area contributed by atoms with Crippen molar-refractivity contribution in [1.82, 2.24) is 5.32 Å². The Balaban J connectivity index is 1.95. The summed E-state index contributed by atoms with van der Waals surface area (Å²) < 4.78 is 0. The Kier molecular flexibility index (Phi) is 3.72. The summed E-state index contributed by atoms with van der Waals surface area (Å²) in [5.74, 6) is 0. The first-order valence-corrected chi connectivity index (χ1v) is 6.69. The van der Waals surface area contributed by atoms with Gasteiger partial charge in [-0.3, -0.25) is 0 Å². The van der Waals surface area contributed by atoms with Crippen LogP contribution in [0, 0.1) is 0 Å². The average Bonchev–Trinajstić information content (AvgIpc) is 2.29. The zero-order valence-electron chi connectivity index (χ0n) is 11.2. The van der Waals surface area contributed by atoms with E-state index in [9.17, 15) is 0 Å². The number of rotatable bonds is 3. The van der Waals surface area contributed by atoms with Crippen molar-refractivity contribution in [2.75, 3.05) is 11.9 Å². The van der Waals surface area contributed by atoms with E-state index in [0.717, 1.165) is 13.0 Å². The molecular weight excluding hydrogens is 208 g/mol. The van der Waals surface area contributed by atoms with Crippen molar-refractivity contribution in [3.8, 4) is 0 Å². The van der Waals surface area contributed by atoms with Crippen molar-refractivity contribution in [3.63, 3.8) is 0 Å². The summed E-state index contributed by atoms with van der Waals surface area (Å²) in [7, 11) is 0. The number of aryl methyl sites for hydroxylation is 1. The first kappa shape index (κ1) is 12.4. The number of hydrogen-bond acceptors (Lipinski definition) is 2. The lowest BCUT2D eigenvalue weighted by atomic mass is 9.89. The van der Waals surface area contributed by atoms with Crippen LogP contribution in [0.2, 0.25) is 0 Å². The third kappa shape index (κ3) is 3.47. The van der Waals surface area contributed by atoms with Crippen LogP contribution in [0.25, 0.3) is 0 Å². The molecule has 1 saturated heterocycles. The van der Waals surface area contributed by atoms with E-state index in [2.05, 4.69) is 55.7 Å². The predicted octanol–water partition coefficient (Wildman–Crippen LogP) is 3.19. The molecular formula is C15H24N2. The molecule has 17 heavy (non-hydrogen) atoms. The van der Waals surface area contributed by atoms with Crippen LogP contribution in [0.15, 0.2) is 24.3 Å². The van der Waals surface area contributed by atoms with E-state index in [1.54, 1.807) is 0 Å². The van der Waals surface area contributed by atoms with Crippen LogP contribution in [0.4, 0.5) is 5.69 Å². The van der Waals surface area contributed by atoms with E-state index in [0.29, 0.717) is 6.04 Å². The van der Waals surface area contributed by atoms with E-state index in [1.165, 1.54) is 24.1 Å². The minimum Gasteiger partial charge on any atom is -0.382 e. The Labute approximate surface area is 105 Å². The molecule has 1 aliphatic heterocycles. The molecule has 1 aromatic rings. The highest BCUT2D eigenvalue weighted by atomic mass is 15.0. The van der Waals surface area contributed by atoms with Gasteiger partial charge in [-0.05, 0) is 57.4 Å². The minimum absolute atomic E-state index is 0.263. The number of nitrogens with one attached hydrogen (secondary N) is 2.